The molecule has 1 rings (SSSR count). The minimum Gasteiger partial charge on any atom is -0.480 e. The van der Waals surface area contributed by atoms with E-state index in [2.05, 4.69) is 4.98 Å². The SMILES string of the molecule is Cc1ccc(OCC(=O)OC(C)C)c(CN)n1. The molecule has 0 saturated carbocycles. The molecule has 5 nitrogen and oxygen atoms in total. The Morgan fingerprint density at radius 3 is 2.76 bits per heavy atom. The van der Waals surface area contributed by atoms with E-state index in [-0.39, 0.29) is 19.3 Å². The van der Waals surface area contributed by atoms with Crippen LogP contribution in [0, 0.1) is 6.92 Å². The summed E-state index contributed by atoms with van der Waals surface area (Å²) in [6.45, 7) is 5.59. The van der Waals surface area contributed by atoms with Gasteiger partial charge in [0.2, 0.25) is 0 Å². The standard InChI is InChI=1S/C12H18N2O3/c1-8(2)17-12(15)7-16-11-5-4-9(3)14-10(11)6-13/h4-5,8H,6-7,13H2,1-3H3. The lowest BCUT2D eigenvalue weighted by Gasteiger charge is -2.11. The zero-order valence-corrected chi connectivity index (χ0v) is 10.4. The first-order valence-electron chi connectivity index (χ1n) is 5.51. The zero-order chi connectivity index (χ0) is 12.8. The molecule has 0 spiro atoms. The van der Waals surface area contributed by atoms with Crippen LogP contribution in [0.25, 0.3) is 0 Å². The Morgan fingerprint density at radius 2 is 2.18 bits per heavy atom. The average Bonchev–Trinajstić information content (AvgIpc) is 2.26. The van der Waals surface area contributed by atoms with Crippen molar-refractivity contribution in [2.75, 3.05) is 6.61 Å². The molecule has 1 aromatic rings. The highest BCUT2D eigenvalue weighted by Gasteiger charge is 2.09. The second-order valence-electron chi connectivity index (χ2n) is 3.93. The lowest BCUT2D eigenvalue weighted by Crippen LogP contribution is -2.19. The van der Waals surface area contributed by atoms with Gasteiger partial charge >= 0.3 is 5.97 Å². The fraction of sp³-hybridized carbons (Fsp3) is 0.500. The number of aryl methyl sites for hydroxylation is 1. The van der Waals surface area contributed by atoms with E-state index in [1.807, 2.05) is 13.0 Å². The third-order valence-electron chi connectivity index (χ3n) is 1.98. The normalized spacial score (nSPS) is 10.4. The lowest BCUT2D eigenvalue weighted by atomic mass is 10.3. The molecular weight excluding hydrogens is 220 g/mol. The van der Waals surface area contributed by atoms with Crippen molar-refractivity contribution in [1.82, 2.24) is 4.98 Å². The van der Waals surface area contributed by atoms with Gasteiger partial charge in [-0.15, -0.1) is 0 Å². The number of esters is 1. The molecule has 0 aliphatic rings. The molecular formula is C12H18N2O3. The number of hydrogen-bond donors (Lipinski definition) is 1. The van der Waals surface area contributed by atoms with E-state index in [0.29, 0.717) is 11.4 Å². The quantitative estimate of drug-likeness (QED) is 0.780. The summed E-state index contributed by atoms with van der Waals surface area (Å²) in [6.07, 6.45) is -0.142. The Morgan fingerprint density at radius 1 is 1.47 bits per heavy atom. The first-order chi connectivity index (χ1) is 8.02. The predicted molar refractivity (Wildman–Crippen MR) is 63.6 cm³/mol. The molecule has 0 atom stereocenters. The van der Waals surface area contributed by atoms with Crippen molar-refractivity contribution in [3.05, 3.63) is 23.5 Å². The fourth-order valence-electron chi connectivity index (χ4n) is 1.31. The third kappa shape index (κ3) is 4.40. The number of nitrogens with zero attached hydrogens (tertiary/aromatic N) is 1. The molecule has 0 aliphatic carbocycles. The Kier molecular flexibility index (Phi) is 4.90. The molecule has 17 heavy (non-hydrogen) atoms. The number of aromatic nitrogens is 1. The van der Waals surface area contributed by atoms with Crippen LogP contribution in [0.5, 0.6) is 5.75 Å². The van der Waals surface area contributed by atoms with Crippen molar-refractivity contribution in [3.63, 3.8) is 0 Å². The van der Waals surface area contributed by atoms with Gasteiger partial charge in [-0.2, -0.15) is 0 Å². The van der Waals surface area contributed by atoms with E-state index in [9.17, 15) is 4.79 Å². The average molecular weight is 238 g/mol. The first kappa shape index (κ1) is 13.4. The van der Waals surface area contributed by atoms with Gasteiger partial charge in [0.05, 0.1) is 11.8 Å². The number of pyridine rings is 1. The van der Waals surface area contributed by atoms with Gasteiger partial charge in [-0.25, -0.2) is 4.79 Å². The van der Waals surface area contributed by atoms with Crippen LogP contribution in [-0.2, 0) is 16.1 Å². The molecule has 0 aliphatic heterocycles. The predicted octanol–water partition coefficient (Wildman–Crippen LogP) is 1.18. The van der Waals surface area contributed by atoms with Gasteiger partial charge in [-0.1, -0.05) is 0 Å². The van der Waals surface area contributed by atoms with Crippen molar-refractivity contribution in [3.8, 4) is 5.75 Å². The topological polar surface area (TPSA) is 74.4 Å². The molecule has 1 aromatic heterocycles. The molecule has 1 heterocycles. The largest absolute Gasteiger partial charge is 0.480 e. The van der Waals surface area contributed by atoms with Crippen LogP contribution >= 0.6 is 0 Å². The van der Waals surface area contributed by atoms with Crippen molar-refractivity contribution < 1.29 is 14.3 Å². The number of hydrogen-bond acceptors (Lipinski definition) is 5. The maximum atomic E-state index is 11.3. The van der Waals surface area contributed by atoms with E-state index in [1.54, 1.807) is 19.9 Å². The number of nitrogens with two attached hydrogens (primary N) is 1. The van der Waals surface area contributed by atoms with Crippen LogP contribution in [0.4, 0.5) is 0 Å². The Bertz CT molecular complexity index is 391. The number of carbonyl (C=O) groups excluding carboxylic acids is 1. The molecule has 0 unspecified atom stereocenters. The van der Waals surface area contributed by atoms with Crippen molar-refractivity contribution >= 4 is 5.97 Å². The van der Waals surface area contributed by atoms with Gasteiger partial charge in [0.1, 0.15) is 5.75 Å². The summed E-state index contributed by atoms with van der Waals surface area (Å²) >= 11 is 0. The van der Waals surface area contributed by atoms with Crippen LogP contribution in [0.2, 0.25) is 0 Å². The fourth-order valence-corrected chi connectivity index (χ4v) is 1.31. The maximum absolute atomic E-state index is 11.3. The van der Waals surface area contributed by atoms with Gasteiger partial charge in [0.15, 0.2) is 6.61 Å². The third-order valence-corrected chi connectivity index (χ3v) is 1.98. The second-order valence-corrected chi connectivity index (χ2v) is 3.93. The monoisotopic (exact) mass is 238 g/mol. The Balaban J connectivity index is 2.60. The van der Waals surface area contributed by atoms with Crippen LogP contribution < -0.4 is 10.5 Å². The van der Waals surface area contributed by atoms with E-state index in [4.69, 9.17) is 15.2 Å². The summed E-state index contributed by atoms with van der Waals surface area (Å²) in [7, 11) is 0. The summed E-state index contributed by atoms with van der Waals surface area (Å²) in [4.78, 5) is 15.5. The molecule has 0 fully saturated rings. The molecule has 0 saturated heterocycles. The highest BCUT2D eigenvalue weighted by Crippen LogP contribution is 2.16. The van der Waals surface area contributed by atoms with Crippen LogP contribution in [0.3, 0.4) is 0 Å². The van der Waals surface area contributed by atoms with E-state index < -0.39 is 5.97 Å². The van der Waals surface area contributed by atoms with Crippen molar-refractivity contribution in [2.24, 2.45) is 5.73 Å². The van der Waals surface area contributed by atoms with Crippen LogP contribution in [-0.4, -0.2) is 23.7 Å². The molecule has 5 heteroatoms. The minimum absolute atomic E-state index is 0.129. The maximum Gasteiger partial charge on any atom is 0.344 e. The summed E-state index contributed by atoms with van der Waals surface area (Å²) in [5, 5.41) is 0. The molecule has 0 bridgehead atoms. The van der Waals surface area contributed by atoms with E-state index >= 15 is 0 Å². The zero-order valence-electron chi connectivity index (χ0n) is 10.4. The summed E-state index contributed by atoms with van der Waals surface area (Å²) in [5.41, 5.74) is 7.05. The first-order valence-corrected chi connectivity index (χ1v) is 5.51. The number of rotatable bonds is 5. The van der Waals surface area contributed by atoms with Gasteiger partial charge in [-0.3, -0.25) is 4.98 Å². The van der Waals surface area contributed by atoms with E-state index in [1.165, 1.54) is 0 Å². The van der Waals surface area contributed by atoms with Gasteiger partial charge in [0, 0.05) is 12.2 Å². The summed E-state index contributed by atoms with van der Waals surface area (Å²) in [6, 6.07) is 3.56. The Hall–Kier alpha value is -1.62. The van der Waals surface area contributed by atoms with Gasteiger partial charge in [0.25, 0.3) is 0 Å². The van der Waals surface area contributed by atoms with Crippen LogP contribution in [0.15, 0.2) is 12.1 Å². The number of carbonyl (C=O) groups is 1. The second kappa shape index (κ2) is 6.20. The highest BCUT2D eigenvalue weighted by molar-refractivity contribution is 5.71. The molecule has 0 radical (unpaired) electrons. The summed E-state index contributed by atoms with van der Waals surface area (Å²) in [5.74, 6) is 0.127. The molecule has 2 N–H and O–H groups in total. The van der Waals surface area contributed by atoms with Gasteiger partial charge < -0.3 is 15.2 Å². The van der Waals surface area contributed by atoms with Crippen molar-refractivity contribution in [1.29, 1.82) is 0 Å². The highest BCUT2D eigenvalue weighted by atomic mass is 16.6. The summed E-state index contributed by atoms with van der Waals surface area (Å²) < 4.78 is 10.3. The van der Waals surface area contributed by atoms with E-state index in [0.717, 1.165) is 5.69 Å². The lowest BCUT2D eigenvalue weighted by molar-refractivity contribution is -0.149. The smallest absolute Gasteiger partial charge is 0.344 e. The van der Waals surface area contributed by atoms with Crippen LogP contribution in [0.1, 0.15) is 25.2 Å². The number of ether oxygens (including phenoxy) is 2. The molecule has 94 valence electrons. The van der Waals surface area contributed by atoms with Gasteiger partial charge in [-0.05, 0) is 32.9 Å². The molecule has 0 aromatic carbocycles. The Labute approximate surface area is 101 Å². The molecule has 0 amide bonds. The minimum atomic E-state index is -0.399. The van der Waals surface area contributed by atoms with Crippen molar-refractivity contribution in [2.45, 2.75) is 33.4 Å².